The number of aromatic nitrogens is 1. The van der Waals surface area contributed by atoms with Gasteiger partial charge in [0.15, 0.2) is 0 Å². The Morgan fingerprint density at radius 3 is 2.34 bits per heavy atom. The molecule has 1 N–H and O–H groups in total. The molecule has 1 aliphatic rings. The number of benzene rings is 1. The number of halogens is 4. The summed E-state index contributed by atoms with van der Waals surface area (Å²) < 4.78 is 64.7. The molecule has 1 aromatic heterocycles. The summed E-state index contributed by atoms with van der Waals surface area (Å²) in [5.41, 5.74) is -0.625. The molecule has 1 aliphatic heterocycles. The number of amides is 1. The summed E-state index contributed by atoms with van der Waals surface area (Å²) in [4.78, 5) is 19.8. The highest BCUT2D eigenvalue weighted by Crippen LogP contribution is 2.33. The lowest BCUT2D eigenvalue weighted by atomic mass is 10.2. The molecule has 0 radical (unpaired) electrons. The molecule has 1 aromatic carbocycles. The van der Waals surface area contributed by atoms with Crippen LogP contribution in [0.25, 0.3) is 0 Å². The normalized spacial score (nSPS) is 14.8. The summed E-state index contributed by atoms with van der Waals surface area (Å²) in [6.45, 7) is 1.09. The molecule has 0 bridgehead atoms. The minimum atomic E-state index is -4.54. The lowest BCUT2D eigenvalue weighted by Crippen LogP contribution is -2.49. The number of anilines is 1. The molecule has 0 unspecified atom stereocenters. The summed E-state index contributed by atoms with van der Waals surface area (Å²) in [7, 11) is -3.76. The summed E-state index contributed by atoms with van der Waals surface area (Å²) in [6.07, 6.45) is 1.25. The first kappa shape index (κ1) is 23.8. The molecular weight excluding hydrogens is 469 g/mol. The van der Waals surface area contributed by atoms with Gasteiger partial charge in [-0.15, -0.1) is 6.42 Å². The number of hydrogen-bond donors (Lipinski definition) is 1. The summed E-state index contributed by atoms with van der Waals surface area (Å²) in [5.74, 6) is 2.10. The van der Waals surface area contributed by atoms with Gasteiger partial charge in [-0.05, 0) is 30.3 Å². The van der Waals surface area contributed by atoms with Gasteiger partial charge in [0.05, 0.1) is 22.0 Å². The van der Waals surface area contributed by atoms with Crippen molar-refractivity contribution in [1.82, 2.24) is 14.6 Å². The Kier molecular flexibility index (Phi) is 6.97. The second-order valence-corrected chi connectivity index (χ2v) is 9.03. The number of rotatable bonds is 5. The molecule has 7 nitrogen and oxygen atoms in total. The van der Waals surface area contributed by atoms with E-state index in [1.165, 1.54) is 24.3 Å². The predicted octanol–water partition coefficient (Wildman–Crippen LogP) is 2.63. The van der Waals surface area contributed by atoms with E-state index >= 15 is 0 Å². The Labute approximate surface area is 188 Å². The number of carbonyl (C=O) groups is 1. The number of alkyl halides is 3. The highest BCUT2D eigenvalue weighted by Gasteiger charge is 2.32. The van der Waals surface area contributed by atoms with Crippen LogP contribution in [-0.4, -0.2) is 56.9 Å². The Bertz CT molecular complexity index is 1140. The monoisotopic (exact) mass is 486 g/mol. The van der Waals surface area contributed by atoms with Crippen molar-refractivity contribution in [2.24, 2.45) is 0 Å². The first-order valence-corrected chi connectivity index (χ1v) is 11.2. The topological polar surface area (TPSA) is 82.6 Å². The van der Waals surface area contributed by atoms with Crippen molar-refractivity contribution in [3.63, 3.8) is 0 Å². The molecule has 1 fully saturated rings. The van der Waals surface area contributed by atoms with E-state index in [0.29, 0.717) is 31.7 Å². The largest absolute Gasteiger partial charge is 0.417 e. The molecule has 0 spiro atoms. The van der Waals surface area contributed by atoms with Gasteiger partial charge in [0, 0.05) is 37.9 Å². The highest BCUT2D eigenvalue weighted by atomic mass is 35.5. The first-order chi connectivity index (χ1) is 15.0. The number of terminal acetylenes is 1. The second kappa shape index (κ2) is 9.36. The predicted molar refractivity (Wildman–Crippen MR) is 113 cm³/mol. The van der Waals surface area contributed by atoms with Crippen molar-refractivity contribution in [1.29, 1.82) is 0 Å². The molecule has 2 aromatic rings. The van der Waals surface area contributed by atoms with Crippen molar-refractivity contribution >= 4 is 33.3 Å². The van der Waals surface area contributed by atoms with Gasteiger partial charge < -0.3 is 9.80 Å². The number of pyridine rings is 1. The maximum atomic E-state index is 12.8. The second-order valence-electron chi connectivity index (χ2n) is 6.86. The van der Waals surface area contributed by atoms with Crippen molar-refractivity contribution in [3.05, 3.63) is 52.7 Å². The zero-order valence-electron chi connectivity index (χ0n) is 16.6. The summed E-state index contributed by atoms with van der Waals surface area (Å²) in [6, 6.07) is 6.28. The number of nitrogens with one attached hydrogen (secondary N) is 1. The van der Waals surface area contributed by atoms with E-state index in [-0.39, 0.29) is 28.2 Å². The first-order valence-electron chi connectivity index (χ1n) is 9.33. The molecule has 32 heavy (non-hydrogen) atoms. The van der Waals surface area contributed by atoms with Gasteiger partial charge in [-0.1, -0.05) is 17.5 Å². The minimum Gasteiger partial charge on any atom is -0.352 e. The van der Waals surface area contributed by atoms with E-state index in [2.05, 4.69) is 15.6 Å². The zero-order chi connectivity index (χ0) is 23.5. The number of sulfonamides is 1. The minimum absolute atomic E-state index is 0.0165. The van der Waals surface area contributed by atoms with E-state index in [1.807, 2.05) is 0 Å². The summed E-state index contributed by atoms with van der Waals surface area (Å²) >= 11 is 6.00. The SMILES string of the molecule is C#CCNS(=O)(=O)c1ccc(C(=O)N2CCN(c3ncc(C(F)(F)F)cc3Cl)CC2)cc1. The fourth-order valence-electron chi connectivity index (χ4n) is 3.12. The van der Waals surface area contributed by atoms with Crippen LogP contribution >= 0.6 is 11.6 Å². The van der Waals surface area contributed by atoms with Crippen molar-refractivity contribution in [3.8, 4) is 12.3 Å². The Hall–Kier alpha value is -2.81. The lowest BCUT2D eigenvalue weighted by Gasteiger charge is -2.35. The van der Waals surface area contributed by atoms with Gasteiger partial charge in [0.1, 0.15) is 5.82 Å². The smallest absolute Gasteiger partial charge is 0.352 e. The molecule has 3 rings (SSSR count). The van der Waals surface area contributed by atoms with Crippen molar-refractivity contribution < 1.29 is 26.4 Å². The molecule has 1 amide bonds. The average Bonchev–Trinajstić information content (AvgIpc) is 2.77. The Morgan fingerprint density at radius 1 is 1.19 bits per heavy atom. The van der Waals surface area contributed by atoms with E-state index < -0.39 is 21.8 Å². The number of nitrogens with zero attached hydrogens (tertiary/aromatic N) is 3. The molecule has 0 aliphatic carbocycles. The van der Waals surface area contributed by atoms with Crippen LogP contribution in [0.15, 0.2) is 41.4 Å². The molecule has 12 heteroatoms. The Morgan fingerprint density at radius 2 is 1.81 bits per heavy atom. The van der Waals surface area contributed by atoms with Crippen LogP contribution in [-0.2, 0) is 16.2 Å². The molecule has 2 heterocycles. The molecule has 0 saturated carbocycles. The molecule has 0 atom stereocenters. The van der Waals surface area contributed by atoms with Crippen LogP contribution in [0.2, 0.25) is 5.02 Å². The van der Waals surface area contributed by atoms with Gasteiger partial charge in [-0.3, -0.25) is 4.79 Å². The molecule has 1 saturated heterocycles. The third-order valence-electron chi connectivity index (χ3n) is 4.79. The maximum Gasteiger partial charge on any atom is 0.417 e. The van der Waals surface area contributed by atoms with E-state index in [9.17, 15) is 26.4 Å². The summed E-state index contributed by atoms with van der Waals surface area (Å²) in [5, 5.41) is -0.116. The molecule has 170 valence electrons. The van der Waals surface area contributed by atoms with E-state index in [0.717, 1.165) is 12.3 Å². The quantitative estimate of drug-likeness (QED) is 0.657. The van der Waals surface area contributed by atoms with Crippen LogP contribution in [0.3, 0.4) is 0 Å². The molecular formula is C20H18ClF3N4O3S. The fraction of sp³-hybridized carbons (Fsp3) is 0.300. The number of piperazine rings is 1. The van der Waals surface area contributed by atoms with Gasteiger partial charge in [-0.2, -0.15) is 17.9 Å². The van der Waals surface area contributed by atoms with Crippen molar-refractivity contribution in [2.75, 3.05) is 37.6 Å². The number of carbonyl (C=O) groups excluding carboxylic acids is 1. The highest BCUT2D eigenvalue weighted by molar-refractivity contribution is 7.89. The maximum absolute atomic E-state index is 12.8. The van der Waals surface area contributed by atoms with Crippen LogP contribution in [0.5, 0.6) is 0 Å². The zero-order valence-corrected chi connectivity index (χ0v) is 18.1. The van der Waals surface area contributed by atoms with Crippen molar-refractivity contribution in [2.45, 2.75) is 11.1 Å². The van der Waals surface area contributed by atoms with Gasteiger partial charge in [0.2, 0.25) is 10.0 Å². The van der Waals surface area contributed by atoms with Crippen LogP contribution < -0.4 is 9.62 Å². The van der Waals surface area contributed by atoms with E-state index in [1.54, 1.807) is 9.80 Å². The standard InChI is InChI=1S/C20H18ClF3N4O3S/c1-2-7-26-32(30,31)16-5-3-14(4-6-16)19(29)28-10-8-27(9-11-28)18-17(21)12-15(13-25-18)20(22,23)24/h1,3-6,12-13,26H,7-11H2. The lowest BCUT2D eigenvalue weighted by molar-refractivity contribution is -0.137. The average molecular weight is 487 g/mol. The van der Waals surface area contributed by atoms with Gasteiger partial charge >= 0.3 is 6.18 Å². The van der Waals surface area contributed by atoms with Crippen LogP contribution in [0.4, 0.5) is 19.0 Å². The van der Waals surface area contributed by atoms with E-state index in [4.69, 9.17) is 18.0 Å². The third kappa shape index (κ3) is 5.32. The van der Waals surface area contributed by atoms with Crippen LogP contribution in [0.1, 0.15) is 15.9 Å². The Balaban J connectivity index is 1.64. The van der Waals surface area contributed by atoms with Crippen LogP contribution in [0, 0.1) is 12.3 Å². The van der Waals surface area contributed by atoms with Gasteiger partial charge in [0.25, 0.3) is 5.91 Å². The van der Waals surface area contributed by atoms with Gasteiger partial charge in [-0.25, -0.2) is 13.4 Å². The fourth-order valence-corrected chi connectivity index (χ4v) is 4.34. The number of hydrogen-bond acceptors (Lipinski definition) is 5. The third-order valence-corrected chi connectivity index (χ3v) is 6.49.